The molecule has 2 aromatic rings. The lowest BCUT2D eigenvalue weighted by molar-refractivity contribution is -0.128. The van der Waals surface area contributed by atoms with Crippen molar-refractivity contribution in [3.8, 4) is 0 Å². The van der Waals surface area contributed by atoms with E-state index in [4.69, 9.17) is 0 Å². The van der Waals surface area contributed by atoms with Gasteiger partial charge in [0.2, 0.25) is 21.8 Å². The van der Waals surface area contributed by atoms with Crippen molar-refractivity contribution in [1.29, 1.82) is 0 Å². The fraction of sp³-hybridized carbons (Fsp3) is 0.391. The third-order valence-corrected chi connectivity index (χ3v) is 7.31. The maximum atomic E-state index is 12.9. The van der Waals surface area contributed by atoms with Gasteiger partial charge in [-0.3, -0.25) is 9.59 Å². The Balaban J connectivity index is 1.60. The van der Waals surface area contributed by atoms with Gasteiger partial charge in [0.15, 0.2) is 0 Å². The minimum absolute atomic E-state index is 0.136. The van der Waals surface area contributed by atoms with Gasteiger partial charge in [-0.1, -0.05) is 48.0 Å². The fourth-order valence-electron chi connectivity index (χ4n) is 3.81. The SMILES string of the molecule is CC(=O)N[C@H](Cc1cccc(C)c1)C(=O)NC1CCN(S(=O)(=O)c2ccccc2)CC1. The Kier molecular flexibility index (Phi) is 7.46. The minimum Gasteiger partial charge on any atom is -0.351 e. The van der Waals surface area contributed by atoms with E-state index in [-0.39, 0.29) is 22.8 Å². The maximum absolute atomic E-state index is 12.9. The summed E-state index contributed by atoms with van der Waals surface area (Å²) in [4.78, 5) is 24.8. The van der Waals surface area contributed by atoms with E-state index < -0.39 is 16.1 Å². The van der Waals surface area contributed by atoms with Crippen molar-refractivity contribution in [2.24, 2.45) is 0 Å². The summed E-state index contributed by atoms with van der Waals surface area (Å²) in [6.45, 7) is 4.05. The average molecular weight is 444 g/mol. The highest BCUT2D eigenvalue weighted by molar-refractivity contribution is 7.89. The molecule has 1 atom stereocenters. The van der Waals surface area contributed by atoms with Crippen LogP contribution >= 0.6 is 0 Å². The molecule has 1 fully saturated rings. The maximum Gasteiger partial charge on any atom is 0.243 e. The molecule has 166 valence electrons. The van der Waals surface area contributed by atoms with E-state index in [0.717, 1.165) is 11.1 Å². The van der Waals surface area contributed by atoms with Crippen LogP contribution in [0.2, 0.25) is 0 Å². The summed E-state index contributed by atoms with van der Waals surface area (Å²) in [6.07, 6.45) is 1.44. The average Bonchev–Trinajstić information content (AvgIpc) is 2.74. The number of sulfonamides is 1. The highest BCUT2D eigenvalue weighted by Gasteiger charge is 2.31. The molecule has 2 amide bonds. The highest BCUT2D eigenvalue weighted by Crippen LogP contribution is 2.20. The van der Waals surface area contributed by atoms with E-state index in [1.807, 2.05) is 31.2 Å². The van der Waals surface area contributed by atoms with Crippen LogP contribution in [0, 0.1) is 6.92 Å². The number of carbonyl (C=O) groups excluding carboxylic acids is 2. The number of piperidine rings is 1. The minimum atomic E-state index is -3.53. The molecular formula is C23H29N3O4S. The predicted octanol–water partition coefficient (Wildman–Crippen LogP) is 2.01. The second kappa shape index (κ2) is 10.1. The van der Waals surface area contributed by atoms with Crippen molar-refractivity contribution >= 4 is 21.8 Å². The second-order valence-electron chi connectivity index (χ2n) is 7.95. The van der Waals surface area contributed by atoms with Crippen LogP contribution < -0.4 is 10.6 Å². The Hall–Kier alpha value is -2.71. The molecule has 31 heavy (non-hydrogen) atoms. The topological polar surface area (TPSA) is 95.6 Å². The number of nitrogens with zero attached hydrogens (tertiary/aromatic N) is 1. The lowest BCUT2D eigenvalue weighted by Gasteiger charge is -2.32. The van der Waals surface area contributed by atoms with Crippen LogP contribution in [0.4, 0.5) is 0 Å². The summed E-state index contributed by atoms with van der Waals surface area (Å²) < 4.78 is 27.0. The summed E-state index contributed by atoms with van der Waals surface area (Å²) in [5.41, 5.74) is 2.06. The molecule has 0 unspecified atom stereocenters. The van der Waals surface area contributed by atoms with Crippen LogP contribution in [0.5, 0.6) is 0 Å². The summed E-state index contributed by atoms with van der Waals surface area (Å²) in [6, 6.07) is 15.4. The van der Waals surface area contributed by atoms with E-state index in [0.29, 0.717) is 32.4 Å². The Morgan fingerprint density at radius 1 is 1.06 bits per heavy atom. The molecule has 7 nitrogen and oxygen atoms in total. The van der Waals surface area contributed by atoms with Gasteiger partial charge in [0.1, 0.15) is 6.04 Å². The standard InChI is InChI=1S/C23H29N3O4S/c1-17-7-6-8-19(15-17)16-22(24-18(2)27)23(28)25-20-11-13-26(14-12-20)31(29,30)21-9-4-3-5-10-21/h3-10,15,20,22H,11-14,16H2,1-2H3,(H,24,27)(H,25,28)/t22-/m1/s1. The Morgan fingerprint density at radius 2 is 1.74 bits per heavy atom. The van der Waals surface area contributed by atoms with Crippen molar-refractivity contribution in [1.82, 2.24) is 14.9 Å². The zero-order chi connectivity index (χ0) is 22.4. The van der Waals surface area contributed by atoms with Crippen LogP contribution in [0.15, 0.2) is 59.5 Å². The lowest BCUT2D eigenvalue weighted by atomic mass is 10.0. The van der Waals surface area contributed by atoms with Crippen molar-refractivity contribution in [3.05, 3.63) is 65.7 Å². The molecule has 2 aromatic carbocycles. The molecule has 0 saturated carbocycles. The van der Waals surface area contributed by atoms with Crippen molar-refractivity contribution in [2.75, 3.05) is 13.1 Å². The molecule has 0 radical (unpaired) electrons. The number of amides is 2. The van der Waals surface area contributed by atoms with Crippen LogP contribution in [-0.4, -0.2) is 49.7 Å². The summed E-state index contributed by atoms with van der Waals surface area (Å²) in [5, 5.41) is 5.73. The van der Waals surface area contributed by atoms with Crippen LogP contribution in [0.1, 0.15) is 30.9 Å². The van der Waals surface area contributed by atoms with Gasteiger partial charge in [-0.05, 0) is 37.5 Å². The Bertz CT molecular complexity index is 1020. The molecule has 0 bridgehead atoms. The number of hydrogen-bond acceptors (Lipinski definition) is 4. The van der Waals surface area contributed by atoms with Crippen molar-refractivity contribution in [3.63, 3.8) is 0 Å². The number of hydrogen-bond donors (Lipinski definition) is 2. The van der Waals surface area contributed by atoms with E-state index in [2.05, 4.69) is 10.6 Å². The van der Waals surface area contributed by atoms with Gasteiger partial charge in [0.05, 0.1) is 4.90 Å². The van der Waals surface area contributed by atoms with Crippen LogP contribution in [0.3, 0.4) is 0 Å². The zero-order valence-corrected chi connectivity index (χ0v) is 18.7. The molecule has 1 heterocycles. The lowest BCUT2D eigenvalue weighted by Crippen LogP contribution is -2.53. The van der Waals surface area contributed by atoms with Crippen LogP contribution in [0.25, 0.3) is 0 Å². The fourth-order valence-corrected chi connectivity index (χ4v) is 5.30. The van der Waals surface area contributed by atoms with E-state index >= 15 is 0 Å². The normalized spacial score (nSPS) is 16.5. The third-order valence-electron chi connectivity index (χ3n) is 5.40. The van der Waals surface area contributed by atoms with Gasteiger partial charge in [0.25, 0.3) is 0 Å². The molecule has 0 aliphatic carbocycles. The largest absolute Gasteiger partial charge is 0.351 e. The molecule has 2 N–H and O–H groups in total. The summed E-state index contributed by atoms with van der Waals surface area (Å²) in [7, 11) is -3.53. The quantitative estimate of drug-likeness (QED) is 0.684. The second-order valence-corrected chi connectivity index (χ2v) is 9.88. The first-order chi connectivity index (χ1) is 14.8. The molecule has 0 spiro atoms. The van der Waals surface area contributed by atoms with Gasteiger partial charge in [0, 0.05) is 32.5 Å². The summed E-state index contributed by atoms with van der Waals surface area (Å²) in [5.74, 6) is -0.516. The highest BCUT2D eigenvalue weighted by atomic mass is 32.2. The van der Waals surface area contributed by atoms with Gasteiger partial charge >= 0.3 is 0 Å². The van der Waals surface area contributed by atoms with Crippen LogP contribution in [-0.2, 0) is 26.0 Å². The number of carbonyl (C=O) groups is 2. The molecular weight excluding hydrogens is 414 g/mol. The summed E-state index contributed by atoms with van der Waals surface area (Å²) >= 11 is 0. The first-order valence-corrected chi connectivity index (χ1v) is 11.9. The van der Waals surface area contributed by atoms with E-state index in [9.17, 15) is 18.0 Å². The predicted molar refractivity (Wildman–Crippen MR) is 119 cm³/mol. The first kappa shape index (κ1) is 23.0. The molecule has 0 aromatic heterocycles. The monoisotopic (exact) mass is 443 g/mol. The van der Waals surface area contributed by atoms with Crippen molar-refractivity contribution in [2.45, 2.75) is 50.1 Å². The molecule has 1 aliphatic heterocycles. The number of benzene rings is 2. The Labute approximate surface area is 183 Å². The van der Waals surface area contributed by atoms with Gasteiger partial charge in [-0.2, -0.15) is 4.31 Å². The van der Waals surface area contributed by atoms with E-state index in [1.54, 1.807) is 30.3 Å². The molecule has 3 rings (SSSR count). The van der Waals surface area contributed by atoms with Crippen molar-refractivity contribution < 1.29 is 18.0 Å². The zero-order valence-electron chi connectivity index (χ0n) is 17.9. The van der Waals surface area contributed by atoms with E-state index in [1.165, 1.54) is 11.2 Å². The number of aryl methyl sites for hydroxylation is 1. The number of nitrogens with one attached hydrogen (secondary N) is 2. The molecule has 8 heteroatoms. The van der Waals surface area contributed by atoms with Gasteiger partial charge in [-0.15, -0.1) is 0 Å². The first-order valence-electron chi connectivity index (χ1n) is 10.4. The number of rotatable bonds is 7. The third kappa shape index (κ3) is 6.15. The Morgan fingerprint density at radius 3 is 2.35 bits per heavy atom. The van der Waals surface area contributed by atoms with Gasteiger partial charge < -0.3 is 10.6 Å². The van der Waals surface area contributed by atoms with Gasteiger partial charge in [-0.25, -0.2) is 8.42 Å². The smallest absolute Gasteiger partial charge is 0.243 e. The molecule has 1 saturated heterocycles. The molecule has 1 aliphatic rings.